The molecule has 2 aromatic carbocycles. The third-order valence-corrected chi connectivity index (χ3v) is 5.44. The number of carbonyl (C=O) groups is 1. The lowest BCUT2D eigenvalue weighted by atomic mass is 10.2. The van der Waals surface area contributed by atoms with Crippen molar-refractivity contribution in [1.29, 1.82) is 0 Å². The summed E-state index contributed by atoms with van der Waals surface area (Å²) in [5.74, 6) is 0.840. The number of amides is 1. The smallest absolute Gasteiger partial charge is 0.230 e. The molecule has 4 rings (SSSR count). The number of hydrogen-bond donors (Lipinski definition) is 1. The van der Waals surface area contributed by atoms with E-state index < -0.39 is 0 Å². The van der Waals surface area contributed by atoms with Gasteiger partial charge in [-0.05, 0) is 29.8 Å². The molecule has 29 heavy (non-hydrogen) atoms. The van der Waals surface area contributed by atoms with E-state index in [-0.39, 0.29) is 23.4 Å². The summed E-state index contributed by atoms with van der Waals surface area (Å²) in [6, 6.07) is 13.9. The van der Waals surface area contributed by atoms with Crippen LogP contribution in [0.2, 0.25) is 0 Å². The van der Waals surface area contributed by atoms with E-state index in [0.717, 1.165) is 22.4 Å². The number of nitrogens with one attached hydrogen (secondary N) is 1. The lowest BCUT2D eigenvalue weighted by molar-refractivity contribution is -0.118. The number of hydrogen-bond acceptors (Lipinski definition) is 5. The Morgan fingerprint density at radius 1 is 1.14 bits per heavy atom. The maximum absolute atomic E-state index is 13.0. The van der Waals surface area contributed by atoms with Gasteiger partial charge in [-0.2, -0.15) is 0 Å². The predicted molar refractivity (Wildman–Crippen MR) is 111 cm³/mol. The number of carbonyl (C=O) groups excluding carboxylic acids is 1. The number of benzene rings is 2. The van der Waals surface area contributed by atoms with Crippen molar-refractivity contribution in [3.05, 3.63) is 65.7 Å². The van der Waals surface area contributed by atoms with Crippen LogP contribution in [0, 0.1) is 5.82 Å². The third-order valence-electron chi connectivity index (χ3n) is 4.48. The lowest BCUT2D eigenvalue weighted by Crippen LogP contribution is -2.24. The molecule has 0 fully saturated rings. The molecule has 0 aliphatic carbocycles. The van der Waals surface area contributed by atoms with Crippen molar-refractivity contribution in [2.24, 2.45) is 0 Å². The van der Waals surface area contributed by atoms with Crippen LogP contribution in [0.15, 0.2) is 53.6 Å². The molecule has 1 N–H and O–H groups in total. The van der Waals surface area contributed by atoms with Crippen molar-refractivity contribution in [1.82, 2.24) is 24.9 Å². The van der Waals surface area contributed by atoms with Crippen LogP contribution in [0.5, 0.6) is 0 Å². The summed E-state index contributed by atoms with van der Waals surface area (Å²) < 4.78 is 15.0. The minimum atomic E-state index is -0.295. The highest BCUT2D eigenvalue weighted by atomic mass is 32.2. The molecular weight excluding hydrogens is 389 g/mol. The fourth-order valence-corrected chi connectivity index (χ4v) is 3.83. The Bertz CT molecular complexity index is 1170. The Morgan fingerprint density at radius 2 is 1.90 bits per heavy atom. The van der Waals surface area contributed by atoms with Crippen molar-refractivity contribution in [2.75, 3.05) is 5.75 Å². The fourth-order valence-electron chi connectivity index (χ4n) is 3.04. The molecule has 8 heteroatoms. The second-order valence-electron chi connectivity index (χ2n) is 6.97. The minimum Gasteiger partial charge on any atom is -0.351 e. The molecular formula is C21H20FN5OS. The average molecular weight is 409 g/mol. The Balaban J connectivity index is 1.54. The van der Waals surface area contributed by atoms with Crippen LogP contribution in [0.1, 0.15) is 31.2 Å². The van der Waals surface area contributed by atoms with Crippen molar-refractivity contribution in [3.8, 4) is 0 Å². The summed E-state index contributed by atoms with van der Waals surface area (Å²) in [4.78, 5) is 17.0. The van der Waals surface area contributed by atoms with Crippen LogP contribution in [0.4, 0.5) is 4.39 Å². The van der Waals surface area contributed by atoms with Crippen molar-refractivity contribution in [3.63, 3.8) is 0 Å². The Morgan fingerprint density at radius 3 is 2.66 bits per heavy atom. The van der Waals surface area contributed by atoms with E-state index in [1.165, 1.54) is 23.9 Å². The molecule has 2 heterocycles. The Labute approximate surface area is 171 Å². The van der Waals surface area contributed by atoms with E-state index in [9.17, 15) is 9.18 Å². The summed E-state index contributed by atoms with van der Waals surface area (Å²) in [5, 5.41) is 12.2. The monoisotopic (exact) mass is 409 g/mol. The third kappa shape index (κ3) is 4.07. The van der Waals surface area contributed by atoms with Crippen LogP contribution in [0.3, 0.4) is 0 Å². The molecule has 1 amide bonds. The van der Waals surface area contributed by atoms with E-state index in [2.05, 4.69) is 29.4 Å². The number of thioether (sulfide) groups is 1. The number of para-hydroxylation sites is 2. The molecule has 0 bridgehead atoms. The van der Waals surface area contributed by atoms with Crippen LogP contribution < -0.4 is 5.32 Å². The summed E-state index contributed by atoms with van der Waals surface area (Å²) in [5.41, 5.74) is 3.27. The molecule has 0 unspecified atom stereocenters. The molecule has 0 spiro atoms. The maximum Gasteiger partial charge on any atom is 0.230 e. The number of fused-ring (bicyclic) bond motifs is 3. The first-order valence-corrected chi connectivity index (χ1v) is 10.3. The zero-order valence-electron chi connectivity index (χ0n) is 16.1. The first-order chi connectivity index (χ1) is 14.0. The maximum atomic E-state index is 13.0. The van der Waals surface area contributed by atoms with Crippen molar-refractivity contribution in [2.45, 2.75) is 31.3 Å². The van der Waals surface area contributed by atoms with Gasteiger partial charge in [0.25, 0.3) is 0 Å². The zero-order valence-corrected chi connectivity index (χ0v) is 16.9. The number of rotatable bonds is 6. The van der Waals surface area contributed by atoms with E-state index >= 15 is 0 Å². The van der Waals surface area contributed by atoms with Gasteiger partial charge in [-0.1, -0.05) is 49.9 Å². The number of aromatic nitrogens is 4. The van der Waals surface area contributed by atoms with Gasteiger partial charge < -0.3 is 5.32 Å². The van der Waals surface area contributed by atoms with Gasteiger partial charge in [-0.3, -0.25) is 9.20 Å². The highest BCUT2D eigenvalue weighted by molar-refractivity contribution is 8.00. The number of halogens is 1. The molecule has 0 aliphatic rings. The molecule has 0 atom stereocenters. The topological polar surface area (TPSA) is 72.2 Å². The minimum absolute atomic E-state index is 0.129. The quantitative estimate of drug-likeness (QED) is 0.488. The highest BCUT2D eigenvalue weighted by Gasteiger charge is 2.17. The van der Waals surface area contributed by atoms with Gasteiger partial charge in [-0.25, -0.2) is 9.37 Å². The van der Waals surface area contributed by atoms with Gasteiger partial charge in [0.05, 0.1) is 16.8 Å². The largest absolute Gasteiger partial charge is 0.351 e. The molecule has 6 nitrogen and oxygen atoms in total. The average Bonchev–Trinajstić information content (AvgIpc) is 3.17. The second-order valence-corrected chi connectivity index (χ2v) is 7.93. The highest BCUT2D eigenvalue weighted by Crippen LogP contribution is 2.27. The normalized spacial score (nSPS) is 11.4. The van der Waals surface area contributed by atoms with Crippen LogP contribution in [0.25, 0.3) is 16.7 Å². The Hall–Kier alpha value is -3.00. The summed E-state index contributed by atoms with van der Waals surface area (Å²) in [7, 11) is 0. The first kappa shape index (κ1) is 19.3. The summed E-state index contributed by atoms with van der Waals surface area (Å²) >= 11 is 1.33. The second kappa shape index (κ2) is 8.16. The predicted octanol–water partition coefficient (Wildman–Crippen LogP) is 3.95. The van der Waals surface area contributed by atoms with Crippen LogP contribution in [-0.4, -0.2) is 31.2 Å². The van der Waals surface area contributed by atoms with Gasteiger partial charge in [-0.15, -0.1) is 10.2 Å². The van der Waals surface area contributed by atoms with Gasteiger partial charge >= 0.3 is 0 Å². The SMILES string of the molecule is CC(C)c1nnc2c(SCC(=O)NCc3ccc(F)cc3)nc3ccccc3n12. The summed E-state index contributed by atoms with van der Waals surface area (Å²) in [6.45, 7) is 4.49. The van der Waals surface area contributed by atoms with Crippen LogP contribution in [-0.2, 0) is 11.3 Å². The van der Waals surface area contributed by atoms with Gasteiger partial charge in [0.1, 0.15) is 16.7 Å². The molecule has 0 saturated carbocycles. The standard InChI is InChI=1S/C21H20FN5OS/c1-13(2)19-25-26-20-21(24-16-5-3-4-6-17(16)27(19)20)29-12-18(28)23-11-14-7-9-15(22)10-8-14/h3-10,13H,11-12H2,1-2H3,(H,23,28). The first-order valence-electron chi connectivity index (χ1n) is 9.30. The van der Waals surface area contributed by atoms with E-state index in [4.69, 9.17) is 4.98 Å². The Kier molecular flexibility index (Phi) is 5.44. The van der Waals surface area contributed by atoms with Gasteiger partial charge in [0.2, 0.25) is 5.91 Å². The summed E-state index contributed by atoms with van der Waals surface area (Å²) in [6.07, 6.45) is 0. The van der Waals surface area contributed by atoms with E-state index in [1.54, 1.807) is 12.1 Å². The lowest BCUT2D eigenvalue weighted by Gasteiger charge is -2.10. The number of nitrogens with zero attached hydrogens (tertiary/aromatic N) is 4. The molecule has 0 saturated heterocycles. The van der Waals surface area contributed by atoms with Crippen LogP contribution >= 0.6 is 11.8 Å². The van der Waals surface area contributed by atoms with Crippen molar-refractivity contribution >= 4 is 34.3 Å². The van der Waals surface area contributed by atoms with Gasteiger partial charge in [0.15, 0.2) is 5.65 Å². The molecule has 0 aliphatic heterocycles. The van der Waals surface area contributed by atoms with E-state index in [1.807, 2.05) is 28.7 Å². The molecule has 0 radical (unpaired) electrons. The molecule has 2 aromatic heterocycles. The molecule has 4 aromatic rings. The fraction of sp³-hybridized carbons (Fsp3) is 0.238. The zero-order chi connectivity index (χ0) is 20.4. The van der Waals surface area contributed by atoms with E-state index in [0.29, 0.717) is 17.2 Å². The van der Waals surface area contributed by atoms with Gasteiger partial charge in [0, 0.05) is 12.5 Å². The molecule has 148 valence electrons. The van der Waals surface area contributed by atoms with Crippen molar-refractivity contribution < 1.29 is 9.18 Å².